The van der Waals surface area contributed by atoms with E-state index in [2.05, 4.69) is 48.3 Å². The maximum absolute atomic E-state index is 4.66. The molecule has 1 aliphatic rings. The monoisotopic (exact) mass is 262 g/mol. The van der Waals surface area contributed by atoms with Crippen LogP contribution < -0.4 is 10.6 Å². The Morgan fingerprint density at radius 3 is 2.42 bits per heavy atom. The minimum absolute atomic E-state index is 0.506. The first-order valence-electron chi connectivity index (χ1n) is 7.27. The SMILES string of the molecule is CCCc1nc(NC)c(C)c(NCC2CC2(C)C)n1. The van der Waals surface area contributed by atoms with Gasteiger partial charge in [0.05, 0.1) is 0 Å². The molecular weight excluding hydrogens is 236 g/mol. The van der Waals surface area contributed by atoms with Gasteiger partial charge in [0.1, 0.15) is 17.5 Å². The molecule has 0 spiro atoms. The van der Waals surface area contributed by atoms with Crippen molar-refractivity contribution in [3.8, 4) is 0 Å². The van der Waals surface area contributed by atoms with Crippen molar-refractivity contribution in [3.63, 3.8) is 0 Å². The van der Waals surface area contributed by atoms with Gasteiger partial charge in [0, 0.05) is 25.6 Å². The third-order valence-corrected chi connectivity index (χ3v) is 4.14. The maximum atomic E-state index is 4.66. The standard InChI is InChI=1S/C15H26N4/c1-6-7-12-18-13(16-5)10(2)14(19-12)17-9-11-8-15(11,3)4/h11H,6-9H2,1-5H3,(H2,16,17,18,19). The van der Waals surface area contributed by atoms with E-state index in [0.29, 0.717) is 5.41 Å². The van der Waals surface area contributed by atoms with E-state index in [-0.39, 0.29) is 0 Å². The fraction of sp³-hybridized carbons (Fsp3) is 0.733. The molecule has 2 rings (SSSR count). The smallest absolute Gasteiger partial charge is 0.134 e. The van der Waals surface area contributed by atoms with Crippen LogP contribution >= 0.6 is 0 Å². The Bertz CT molecular complexity index is 454. The summed E-state index contributed by atoms with van der Waals surface area (Å²) in [4.78, 5) is 9.21. The molecule has 0 saturated heterocycles. The number of nitrogens with zero attached hydrogens (tertiary/aromatic N) is 2. The van der Waals surface area contributed by atoms with Gasteiger partial charge in [-0.2, -0.15) is 0 Å². The highest BCUT2D eigenvalue weighted by atomic mass is 15.1. The highest BCUT2D eigenvalue weighted by Gasteiger charge is 2.45. The molecule has 1 aromatic rings. The first-order chi connectivity index (χ1) is 8.97. The average Bonchev–Trinajstić information content (AvgIpc) is 2.97. The van der Waals surface area contributed by atoms with E-state index in [9.17, 15) is 0 Å². The van der Waals surface area contributed by atoms with Crippen LogP contribution in [0.3, 0.4) is 0 Å². The Hall–Kier alpha value is -1.32. The Labute approximate surface area is 116 Å². The highest BCUT2D eigenvalue weighted by Crippen LogP contribution is 2.51. The molecule has 4 nitrogen and oxygen atoms in total. The van der Waals surface area contributed by atoms with E-state index in [1.165, 1.54) is 6.42 Å². The molecule has 0 amide bonds. The molecule has 0 aliphatic heterocycles. The Balaban J connectivity index is 2.11. The van der Waals surface area contributed by atoms with Crippen LogP contribution in [0.15, 0.2) is 0 Å². The van der Waals surface area contributed by atoms with Crippen LogP contribution in [0.5, 0.6) is 0 Å². The number of aryl methyl sites for hydroxylation is 1. The summed E-state index contributed by atoms with van der Waals surface area (Å²) in [5.74, 6) is 3.63. The van der Waals surface area contributed by atoms with Crippen LogP contribution in [0, 0.1) is 18.3 Å². The second-order valence-corrected chi connectivity index (χ2v) is 6.23. The molecule has 19 heavy (non-hydrogen) atoms. The van der Waals surface area contributed by atoms with Crippen LogP contribution in [0.4, 0.5) is 11.6 Å². The van der Waals surface area contributed by atoms with Crippen LogP contribution in [0.2, 0.25) is 0 Å². The lowest BCUT2D eigenvalue weighted by molar-refractivity contribution is 0.572. The van der Waals surface area contributed by atoms with Crippen molar-refractivity contribution in [3.05, 3.63) is 11.4 Å². The zero-order chi connectivity index (χ0) is 14.0. The van der Waals surface area contributed by atoms with Gasteiger partial charge < -0.3 is 10.6 Å². The van der Waals surface area contributed by atoms with E-state index < -0.39 is 0 Å². The van der Waals surface area contributed by atoms with E-state index >= 15 is 0 Å². The normalized spacial score (nSPS) is 20.2. The van der Waals surface area contributed by atoms with Gasteiger partial charge in [-0.15, -0.1) is 0 Å². The summed E-state index contributed by atoms with van der Waals surface area (Å²) >= 11 is 0. The van der Waals surface area contributed by atoms with Crippen molar-refractivity contribution in [2.75, 3.05) is 24.2 Å². The van der Waals surface area contributed by atoms with Crippen molar-refractivity contribution < 1.29 is 0 Å². The zero-order valence-electron chi connectivity index (χ0n) is 12.8. The quantitative estimate of drug-likeness (QED) is 0.826. The molecule has 1 aromatic heterocycles. The summed E-state index contributed by atoms with van der Waals surface area (Å²) in [5.41, 5.74) is 1.62. The molecular formula is C15H26N4. The topological polar surface area (TPSA) is 49.8 Å². The van der Waals surface area contributed by atoms with Gasteiger partial charge >= 0.3 is 0 Å². The minimum atomic E-state index is 0.506. The predicted octanol–water partition coefficient (Wildman–Crippen LogP) is 3.24. The lowest BCUT2D eigenvalue weighted by Gasteiger charge is -2.14. The van der Waals surface area contributed by atoms with Crippen molar-refractivity contribution >= 4 is 11.6 Å². The molecule has 1 unspecified atom stereocenters. The van der Waals surface area contributed by atoms with Crippen molar-refractivity contribution in [1.29, 1.82) is 0 Å². The fourth-order valence-corrected chi connectivity index (χ4v) is 2.46. The van der Waals surface area contributed by atoms with E-state index in [1.807, 2.05) is 7.05 Å². The lowest BCUT2D eigenvalue weighted by Crippen LogP contribution is -2.13. The molecule has 1 aliphatic carbocycles. The van der Waals surface area contributed by atoms with Gasteiger partial charge in [0.2, 0.25) is 0 Å². The van der Waals surface area contributed by atoms with Crippen LogP contribution in [0.1, 0.15) is 45.0 Å². The highest BCUT2D eigenvalue weighted by molar-refractivity contribution is 5.57. The summed E-state index contributed by atoms with van der Waals surface area (Å²) in [6, 6.07) is 0. The summed E-state index contributed by atoms with van der Waals surface area (Å²) in [5, 5.41) is 6.68. The van der Waals surface area contributed by atoms with Gasteiger partial charge in [-0.25, -0.2) is 9.97 Å². The molecule has 0 aromatic carbocycles. The number of anilines is 2. The second kappa shape index (κ2) is 5.35. The van der Waals surface area contributed by atoms with Crippen molar-refractivity contribution in [2.24, 2.45) is 11.3 Å². The van der Waals surface area contributed by atoms with Crippen LogP contribution in [-0.4, -0.2) is 23.6 Å². The molecule has 106 valence electrons. The summed E-state index contributed by atoms with van der Waals surface area (Å²) in [6.07, 6.45) is 3.31. The largest absolute Gasteiger partial charge is 0.373 e. The Morgan fingerprint density at radius 2 is 1.89 bits per heavy atom. The molecule has 2 N–H and O–H groups in total. The van der Waals surface area contributed by atoms with Crippen molar-refractivity contribution in [1.82, 2.24) is 9.97 Å². The maximum Gasteiger partial charge on any atom is 0.134 e. The minimum Gasteiger partial charge on any atom is -0.373 e. The van der Waals surface area contributed by atoms with Gasteiger partial charge in [0.15, 0.2) is 0 Å². The van der Waals surface area contributed by atoms with Gasteiger partial charge in [-0.3, -0.25) is 0 Å². The fourth-order valence-electron chi connectivity index (χ4n) is 2.46. The third kappa shape index (κ3) is 3.17. The molecule has 1 saturated carbocycles. The average molecular weight is 262 g/mol. The zero-order valence-corrected chi connectivity index (χ0v) is 12.8. The second-order valence-electron chi connectivity index (χ2n) is 6.23. The molecule has 0 radical (unpaired) electrons. The van der Waals surface area contributed by atoms with Crippen LogP contribution in [-0.2, 0) is 6.42 Å². The summed E-state index contributed by atoms with van der Waals surface area (Å²) in [6.45, 7) is 9.89. The molecule has 0 bridgehead atoms. The summed E-state index contributed by atoms with van der Waals surface area (Å²) < 4.78 is 0. The predicted molar refractivity (Wildman–Crippen MR) is 80.7 cm³/mol. The number of hydrogen-bond donors (Lipinski definition) is 2. The molecule has 1 heterocycles. The first kappa shape index (κ1) is 14.1. The molecule has 1 atom stereocenters. The first-order valence-corrected chi connectivity index (χ1v) is 7.27. The van der Waals surface area contributed by atoms with Gasteiger partial charge in [0.25, 0.3) is 0 Å². The number of aromatic nitrogens is 2. The number of hydrogen-bond acceptors (Lipinski definition) is 4. The molecule has 4 heteroatoms. The molecule has 1 fully saturated rings. The number of rotatable bonds is 6. The van der Waals surface area contributed by atoms with Crippen molar-refractivity contribution in [2.45, 2.75) is 47.0 Å². The Kier molecular flexibility index (Phi) is 3.97. The van der Waals surface area contributed by atoms with Crippen LogP contribution in [0.25, 0.3) is 0 Å². The lowest BCUT2D eigenvalue weighted by atomic mass is 10.1. The van der Waals surface area contributed by atoms with Gasteiger partial charge in [-0.1, -0.05) is 20.8 Å². The van der Waals surface area contributed by atoms with E-state index in [1.54, 1.807) is 0 Å². The summed E-state index contributed by atoms with van der Waals surface area (Å²) in [7, 11) is 1.92. The van der Waals surface area contributed by atoms with Gasteiger partial charge in [-0.05, 0) is 31.1 Å². The Morgan fingerprint density at radius 1 is 1.26 bits per heavy atom. The van der Waals surface area contributed by atoms with E-state index in [4.69, 9.17) is 0 Å². The van der Waals surface area contributed by atoms with E-state index in [0.717, 1.165) is 48.3 Å². The number of nitrogens with one attached hydrogen (secondary N) is 2. The third-order valence-electron chi connectivity index (χ3n) is 4.14.